The van der Waals surface area contributed by atoms with Gasteiger partial charge in [-0.1, -0.05) is 13.8 Å². The van der Waals surface area contributed by atoms with Gasteiger partial charge in [0.2, 0.25) is 10.0 Å². The van der Waals surface area contributed by atoms with E-state index in [0.29, 0.717) is 11.5 Å². The van der Waals surface area contributed by atoms with Gasteiger partial charge in [0.1, 0.15) is 10.7 Å². The molecule has 0 bridgehead atoms. The Morgan fingerprint density at radius 1 is 1.35 bits per heavy atom. The number of hydrogen-bond acceptors (Lipinski definition) is 4. The third kappa shape index (κ3) is 3.30. The molecule has 1 N–H and O–H groups in total. The van der Waals surface area contributed by atoms with Gasteiger partial charge in [0.15, 0.2) is 0 Å². The molecule has 1 unspecified atom stereocenters. The molecule has 1 heterocycles. The van der Waals surface area contributed by atoms with Crippen molar-refractivity contribution in [2.75, 3.05) is 19.4 Å². The van der Waals surface area contributed by atoms with Crippen LogP contribution >= 0.6 is 0 Å². The van der Waals surface area contributed by atoms with Crippen LogP contribution in [0.3, 0.4) is 0 Å². The maximum absolute atomic E-state index is 11.9. The van der Waals surface area contributed by atoms with E-state index in [4.69, 9.17) is 0 Å². The predicted octanol–water partition coefficient (Wildman–Crippen LogP) is 2.32. The summed E-state index contributed by atoms with van der Waals surface area (Å²) in [6.45, 7) is 4.55. The number of rotatable bonds is 4. The lowest BCUT2D eigenvalue weighted by molar-refractivity contribution is 0.378. The lowest BCUT2D eigenvalue weighted by Crippen LogP contribution is -2.22. The van der Waals surface area contributed by atoms with E-state index in [1.807, 2.05) is 0 Å². The van der Waals surface area contributed by atoms with Gasteiger partial charge in [-0.2, -0.15) is 0 Å². The van der Waals surface area contributed by atoms with E-state index in [1.165, 1.54) is 31.0 Å². The molecule has 112 valence electrons. The Balaban J connectivity index is 2.06. The minimum Gasteiger partial charge on any atom is -0.367 e. The van der Waals surface area contributed by atoms with E-state index >= 15 is 0 Å². The highest BCUT2D eigenvalue weighted by Gasteiger charge is 2.30. The standard InChI is InChI=1S/C14H23N3O2S/c1-14(2)8-7-11(9-14)16-13-6-5-12(10-15-13)20(18,19)17(3)4/h5-6,10-11H,7-9H2,1-4H3,(H,15,16). The van der Waals surface area contributed by atoms with Gasteiger partial charge in [-0.25, -0.2) is 17.7 Å². The number of pyridine rings is 1. The van der Waals surface area contributed by atoms with Gasteiger partial charge in [0, 0.05) is 26.3 Å². The molecule has 1 fully saturated rings. The van der Waals surface area contributed by atoms with Crippen LogP contribution in [0, 0.1) is 5.41 Å². The first-order chi connectivity index (χ1) is 9.21. The second-order valence-electron chi connectivity index (χ2n) is 6.41. The van der Waals surface area contributed by atoms with Crippen molar-refractivity contribution in [1.29, 1.82) is 0 Å². The molecule has 20 heavy (non-hydrogen) atoms. The first kappa shape index (κ1) is 15.3. The number of nitrogens with one attached hydrogen (secondary N) is 1. The SMILES string of the molecule is CN(C)S(=O)(=O)c1ccc(NC2CCC(C)(C)C2)nc1. The maximum Gasteiger partial charge on any atom is 0.244 e. The quantitative estimate of drug-likeness (QED) is 0.926. The summed E-state index contributed by atoms with van der Waals surface area (Å²) in [5.74, 6) is 0.741. The molecular weight excluding hydrogens is 274 g/mol. The Bertz CT molecular complexity index is 565. The molecule has 0 radical (unpaired) electrons. The van der Waals surface area contributed by atoms with Crippen LogP contribution in [0.2, 0.25) is 0 Å². The number of sulfonamides is 1. The van der Waals surface area contributed by atoms with E-state index in [9.17, 15) is 8.42 Å². The normalized spacial score (nSPS) is 22.1. The third-order valence-electron chi connectivity index (χ3n) is 3.84. The predicted molar refractivity (Wildman–Crippen MR) is 80.2 cm³/mol. The summed E-state index contributed by atoms with van der Waals surface area (Å²) < 4.78 is 25.1. The topological polar surface area (TPSA) is 62.3 Å². The molecule has 0 aliphatic heterocycles. The molecule has 0 amide bonds. The van der Waals surface area contributed by atoms with Crippen molar-refractivity contribution in [3.63, 3.8) is 0 Å². The summed E-state index contributed by atoms with van der Waals surface area (Å²) in [5, 5.41) is 3.38. The average molecular weight is 297 g/mol. The zero-order chi connectivity index (χ0) is 15.0. The molecule has 0 spiro atoms. The zero-order valence-electron chi connectivity index (χ0n) is 12.5. The van der Waals surface area contributed by atoms with Crippen LogP contribution in [-0.2, 0) is 10.0 Å². The van der Waals surface area contributed by atoms with Crippen molar-refractivity contribution in [3.8, 4) is 0 Å². The molecular formula is C14H23N3O2S. The molecule has 1 aliphatic carbocycles. The van der Waals surface area contributed by atoms with E-state index < -0.39 is 10.0 Å². The minimum atomic E-state index is -3.40. The van der Waals surface area contributed by atoms with Crippen LogP contribution in [0.15, 0.2) is 23.2 Å². The van der Waals surface area contributed by atoms with Crippen molar-refractivity contribution in [2.24, 2.45) is 5.41 Å². The summed E-state index contributed by atoms with van der Waals surface area (Å²) in [6.07, 6.45) is 4.87. The summed E-state index contributed by atoms with van der Waals surface area (Å²) >= 11 is 0. The molecule has 0 aromatic carbocycles. The van der Waals surface area contributed by atoms with Crippen LogP contribution in [-0.4, -0.2) is 37.8 Å². The molecule has 1 aliphatic rings. The summed E-state index contributed by atoms with van der Waals surface area (Å²) in [4.78, 5) is 4.44. The largest absolute Gasteiger partial charge is 0.367 e. The first-order valence-corrected chi connectivity index (χ1v) is 8.30. The fourth-order valence-corrected chi connectivity index (χ4v) is 3.45. The Morgan fingerprint density at radius 3 is 2.50 bits per heavy atom. The van der Waals surface area contributed by atoms with Crippen molar-refractivity contribution in [1.82, 2.24) is 9.29 Å². The molecule has 1 saturated carbocycles. The lowest BCUT2D eigenvalue weighted by atomic mass is 9.92. The second-order valence-corrected chi connectivity index (χ2v) is 8.57. The van der Waals surface area contributed by atoms with Crippen molar-refractivity contribution < 1.29 is 8.42 Å². The lowest BCUT2D eigenvalue weighted by Gasteiger charge is -2.18. The number of aromatic nitrogens is 1. The Labute approximate surface area is 121 Å². The Morgan fingerprint density at radius 2 is 2.05 bits per heavy atom. The minimum absolute atomic E-state index is 0.222. The summed E-state index contributed by atoms with van der Waals surface area (Å²) in [5.41, 5.74) is 0.381. The average Bonchev–Trinajstić information content (AvgIpc) is 2.69. The van der Waals surface area contributed by atoms with Crippen LogP contribution in [0.5, 0.6) is 0 Å². The maximum atomic E-state index is 11.9. The van der Waals surface area contributed by atoms with Gasteiger partial charge in [0.05, 0.1) is 0 Å². The first-order valence-electron chi connectivity index (χ1n) is 6.86. The smallest absolute Gasteiger partial charge is 0.244 e. The molecule has 2 rings (SSSR count). The molecule has 1 atom stereocenters. The molecule has 6 heteroatoms. The highest BCUT2D eigenvalue weighted by atomic mass is 32.2. The fraction of sp³-hybridized carbons (Fsp3) is 0.643. The highest BCUT2D eigenvalue weighted by Crippen LogP contribution is 2.38. The molecule has 1 aromatic rings. The zero-order valence-corrected chi connectivity index (χ0v) is 13.4. The van der Waals surface area contributed by atoms with Crippen LogP contribution in [0.25, 0.3) is 0 Å². The molecule has 5 nitrogen and oxygen atoms in total. The molecule has 1 aromatic heterocycles. The third-order valence-corrected chi connectivity index (χ3v) is 5.63. The number of hydrogen-bond donors (Lipinski definition) is 1. The van der Waals surface area contributed by atoms with Gasteiger partial charge in [-0.05, 0) is 36.8 Å². The Kier molecular flexibility index (Phi) is 4.07. The highest BCUT2D eigenvalue weighted by molar-refractivity contribution is 7.89. The van der Waals surface area contributed by atoms with E-state index in [1.54, 1.807) is 12.1 Å². The van der Waals surface area contributed by atoms with Crippen molar-refractivity contribution in [2.45, 2.75) is 44.0 Å². The monoisotopic (exact) mass is 297 g/mol. The van der Waals surface area contributed by atoms with E-state index in [-0.39, 0.29) is 4.90 Å². The van der Waals surface area contributed by atoms with Crippen LogP contribution < -0.4 is 5.32 Å². The van der Waals surface area contributed by atoms with Gasteiger partial charge in [0.25, 0.3) is 0 Å². The Hall–Kier alpha value is -1.14. The fourth-order valence-electron chi connectivity index (χ4n) is 2.60. The number of anilines is 1. The van der Waals surface area contributed by atoms with Gasteiger partial charge < -0.3 is 5.32 Å². The van der Waals surface area contributed by atoms with Gasteiger partial charge in [-0.3, -0.25) is 0 Å². The van der Waals surface area contributed by atoms with Gasteiger partial charge >= 0.3 is 0 Å². The second kappa shape index (κ2) is 5.33. The van der Waals surface area contributed by atoms with Crippen molar-refractivity contribution in [3.05, 3.63) is 18.3 Å². The van der Waals surface area contributed by atoms with Gasteiger partial charge in [-0.15, -0.1) is 0 Å². The summed E-state index contributed by atoms with van der Waals surface area (Å²) in [6, 6.07) is 3.76. The van der Waals surface area contributed by atoms with Crippen LogP contribution in [0.4, 0.5) is 5.82 Å². The van der Waals surface area contributed by atoms with Crippen molar-refractivity contribution >= 4 is 15.8 Å². The van der Waals surface area contributed by atoms with E-state index in [0.717, 1.165) is 18.7 Å². The summed E-state index contributed by atoms with van der Waals surface area (Å²) in [7, 11) is -0.364. The molecule has 0 saturated heterocycles. The van der Waals surface area contributed by atoms with E-state index in [2.05, 4.69) is 24.1 Å². The van der Waals surface area contributed by atoms with Crippen LogP contribution in [0.1, 0.15) is 33.1 Å². The number of nitrogens with zero attached hydrogens (tertiary/aromatic N) is 2.